The molecule has 100 valence electrons. The minimum absolute atomic E-state index is 0.178. The van der Waals surface area contributed by atoms with Gasteiger partial charge in [0, 0.05) is 17.7 Å². The quantitative estimate of drug-likeness (QED) is 0.553. The summed E-state index contributed by atoms with van der Waals surface area (Å²) in [5.74, 6) is 4.41. The maximum Gasteiger partial charge on any atom is 0.360 e. The molecule has 0 saturated heterocycles. The maximum atomic E-state index is 11.8. The van der Waals surface area contributed by atoms with Crippen molar-refractivity contribution in [1.29, 1.82) is 0 Å². The number of aliphatic hydroxyl groups is 1. The average molecular weight is 256 g/mol. The second-order valence-corrected chi connectivity index (χ2v) is 3.76. The van der Waals surface area contributed by atoms with Crippen LogP contribution in [0.3, 0.4) is 0 Å². The Morgan fingerprint density at radius 1 is 1.56 bits per heavy atom. The van der Waals surface area contributed by atoms with Gasteiger partial charge in [0.2, 0.25) is 5.43 Å². The Morgan fingerprint density at radius 2 is 2.17 bits per heavy atom. The van der Waals surface area contributed by atoms with Gasteiger partial charge in [0.1, 0.15) is 0 Å². The molecule has 1 aromatic rings. The monoisotopic (exact) mass is 256 g/mol. The Hall–Kier alpha value is -2.02. The Labute approximate surface area is 104 Å². The number of carbonyl (C=O) groups is 1. The molecule has 1 aromatic heterocycles. The molecule has 0 aromatic carbocycles. The third kappa shape index (κ3) is 2.30. The number of nitrogens with two attached hydrogens (primary N) is 1. The van der Waals surface area contributed by atoms with E-state index in [-0.39, 0.29) is 18.1 Å². The fourth-order valence-corrected chi connectivity index (χ4v) is 1.58. The summed E-state index contributed by atoms with van der Waals surface area (Å²) in [6.07, 6.45) is 0. The van der Waals surface area contributed by atoms with Gasteiger partial charge >= 0.3 is 5.97 Å². The van der Waals surface area contributed by atoms with E-state index in [1.807, 2.05) is 0 Å². The Balaban J connectivity index is 3.59. The predicted octanol–water partition coefficient (Wildman–Crippen LogP) is -0.547. The van der Waals surface area contributed by atoms with Crippen LogP contribution >= 0.6 is 0 Å². The molecule has 0 saturated carbocycles. The van der Waals surface area contributed by atoms with Crippen LogP contribution in [0.4, 0.5) is 0 Å². The molecule has 7 nitrogen and oxygen atoms in total. The van der Waals surface area contributed by atoms with Gasteiger partial charge in [0.15, 0.2) is 11.4 Å². The SMILES string of the molecule is COC(=O)c1c(OC)c(=O)cc(C(C)CO)n1N. The lowest BCUT2D eigenvalue weighted by Gasteiger charge is -2.18. The first-order valence-electron chi connectivity index (χ1n) is 5.26. The van der Waals surface area contributed by atoms with Crippen molar-refractivity contribution in [2.45, 2.75) is 12.8 Å². The number of pyridine rings is 1. The van der Waals surface area contributed by atoms with Crippen LogP contribution in [0.15, 0.2) is 10.9 Å². The number of esters is 1. The van der Waals surface area contributed by atoms with Gasteiger partial charge in [0.05, 0.1) is 20.8 Å². The van der Waals surface area contributed by atoms with Crippen LogP contribution in [0.1, 0.15) is 29.0 Å². The lowest BCUT2D eigenvalue weighted by Crippen LogP contribution is -2.30. The largest absolute Gasteiger partial charge is 0.490 e. The zero-order valence-corrected chi connectivity index (χ0v) is 10.5. The number of carbonyl (C=O) groups excluding carboxylic acids is 1. The number of methoxy groups -OCH3 is 2. The standard InChI is InChI=1S/C11H16N2O5/c1-6(5-14)7-4-8(15)10(17-2)9(13(7)12)11(16)18-3/h4,6,14H,5,12H2,1-3H3. The highest BCUT2D eigenvalue weighted by atomic mass is 16.5. The van der Waals surface area contributed by atoms with E-state index in [4.69, 9.17) is 15.7 Å². The molecule has 1 heterocycles. The number of aromatic nitrogens is 1. The molecule has 0 aliphatic heterocycles. The number of nitrogen functional groups attached to an aromatic ring is 1. The Morgan fingerprint density at radius 3 is 2.61 bits per heavy atom. The second-order valence-electron chi connectivity index (χ2n) is 3.76. The third-order valence-corrected chi connectivity index (χ3v) is 2.60. The van der Waals surface area contributed by atoms with Crippen LogP contribution in [0.5, 0.6) is 5.75 Å². The summed E-state index contributed by atoms with van der Waals surface area (Å²) in [4.78, 5) is 23.4. The lowest BCUT2D eigenvalue weighted by molar-refractivity contribution is 0.0584. The normalized spacial score (nSPS) is 12.0. The highest BCUT2D eigenvalue weighted by Gasteiger charge is 2.23. The molecule has 0 aliphatic rings. The summed E-state index contributed by atoms with van der Waals surface area (Å²) in [6.45, 7) is 1.47. The molecule has 0 bridgehead atoms. The predicted molar refractivity (Wildman–Crippen MR) is 64.2 cm³/mol. The van der Waals surface area contributed by atoms with Gasteiger partial charge in [-0.05, 0) is 0 Å². The first-order chi connectivity index (χ1) is 8.47. The Bertz CT molecular complexity index is 509. The van der Waals surface area contributed by atoms with Crippen molar-refractivity contribution in [2.75, 3.05) is 26.7 Å². The zero-order chi connectivity index (χ0) is 13.9. The molecule has 0 spiro atoms. The number of rotatable bonds is 4. The summed E-state index contributed by atoms with van der Waals surface area (Å²) in [5.41, 5.74) is -0.346. The zero-order valence-electron chi connectivity index (χ0n) is 10.5. The molecule has 18 heavy (non-hydrogen) atoms. The number of aliphatic hydroxyl groups excluding tert-OH is 1. The van der Waals surface area contributed by atoms with Gasteiger partial charge in [-0.2, -0.15) is 0 Å². The van der Waals surface area contributed by atoms with Gasteiger partial charge in [-0.15, -0.1) is 0 Å². The molecule has 1 atom stereocenters. The van der Waals surface area contributed by atoms with E-state index >= 15 is 0 Å². The van der Waals surface area contributed by atoms with E-state index in [1.165, 1.54) is 20.3 Å². The minimum Gasteiger partial charge on any atom is -0.490 e. The van der Waals surface area contributed by atoms with Crippen LogP contribution in [0, 0.1) is 0 Å². The molecule has 0 fully saturated rings. The van der Waals surface area contributed by atoms with Crippen LogP contribution in [0.25, 0.3) is 0 Å². The first kappa shape index (κ1) is 14.0. The van der Waals surface area contributed by atoms with Crippen molar-refractivity contribution in [3.63, 3.8) is 0 Å². The summed E-state index contributed by atoms with van der Waals surface area (Å²) >= 11 is 0. The van der Waals surface area contributed by atoms with Gasteiger partial charge in [-0.3, -0.25) is 9.47 Å². The average Bonchev–Trinajstić information content (AvgIpc) is 2.38. The van der Waals surface area contributed by atoms with E-state index in [0.717, 1.165) is 4.68 Å². The lowest BCUT2D eigenvalue weighted by atomic mass is 10.1. The van der Waals surface area contributed by atoms with Gasteiger partial charge < -0.3 is 20.4 Å². The molecule has 0 amide bonds. The van der Waals surface area contributed by atoms with Crippen molar-refractivity contribution >= 4 is 5.97 Å². The van der Waals surface area contributed by atoms with Crippen molar-refractivity contribution in [2.24, 2.45) is 0 Å². The smallest absolute Gasteiger partial charge is 0.360 e. The van der Waals surface area contributed by atoms with Crippen LogP contribution in [-0.4, -0.2) is 36.6 Å². The minimum atomic E-state index is -0.779. The van der Waals surface area contributed by atoms with E-state index in [0.29, 0.717) is 5.69 Å². The fourth-order valence-electron chi connectivity index (χ4n) is 1.58. The van der Waals surface area contributed by atoms with E-state index < -0.39 is 17.3 Å². The molecule has 0 radical (unpaired) electrons. The fraction of sp³-hybridized carbons (Fsp3) is 0.455. The maximum absolute atomic E-state index is 11.8. The van der Waals surface area contributed by atoms with Gasteiger partial charge in [0.25, 0.3) is 0 Å². The second kappa shape index (κ2) is 5.54. The molecule has 3 N–H and O–H groups in total. The topological polar surface area (TPSA) is 104 Å². The van der Waals surface area contributed by atoms with E-state index in [9.17, 15) is 9.59 Å². The molecule has 1 rings (SSSR count). The number of ether oxygens (including phenoxy) is 2. The number of hydrogen-bond donors (Lipinski definition) is 2. The van der Waals surface area contributed by atoms with Gasteiger partial charge in [-0.1, -0.05) is 6.92 Å². The third-order valence-electron chi connectivity index (χ3n) is 2.60. The van der Waals surface area contributed by atoms with E-state index in [2.05, 4.69) is 4.74 Å². The number of nitrogens with zero attached hydrogens (tertiary/aromatic N) is 1. The number of hydrogen-bond acceptors (Lipinski definition) is 6. The van der Waals surface area contributed by atoms with E-state index in [1.54, 1.807) is 6.92 Å². The van der Waals surface area contributed by atoms with Crippen LogP contribution < -0.4 is 16.0 Å². The van der Waals surface area contributed by atoms with Gasteiger partial charge in [-0.25, -0.2) is 4.79 Å². The molecular weight excluding hydrogens is 240 g/mol. The van der Waals surface area contributed by atoms with Crippen LogP contribution in [0.2, 0.25) is 0 Å². The molecular formula is C11H16N2O5. The molecule has 7 heteroatoms. The molecule has 1 unspecified atom stereocenters. The van der Waals surface area contributed by atoms with Crippen LogP contribution in [-0.2, 0) is 4.74 Å². The highest BCUT2D eigenvalue weighted by molar-refractivity contribution is 5.90. The highest BCUT2D eigenvalue weighted by Crippen LogP contribution is 2.19. The van der Waals surface area contributed by atoms with Crippen molar-refractivity contribution < 1.29 is 19.4 Å². The summed E-state index contributed by atoms with van der Waals surface area (Å²) < 4.78 is 10.4. The first-order valence-corrected chi connectivity index (χ1v) is 5.26. The summed E-state index contributed by atoms with van der Waals surface area (Å²) in [6, 6.07) is 1.23. The van der Waals surface area contributed by atoms with Crippen molar-refractivity contribution in [3.05, 3.63) is 27.7 Å². The Kier molecular flexibility index (Phi) is 4.33. The van der Waals surface area contributed by atoms with Crippen molar-refractivity contribution in [1.82, 2.24) is 4.68 Å². The van der Waals surface area contributed by atoms with Crippen molar-refractivity contribution in [3.8, 4) is 5.75 Å². The molecule has 0 aliphatic carbocycles. The summed E-state index contributed by atoms with van der Waals surface area (Å²) in [5, 5.41) is 9.10. The summed E-state index contributed by atoms with van der Waals surface area (Å²) in [7, 11) is 2.44.